The van der Waals surface area contributed by atoms with E-state index in [-0.39, 0.29) is 6.04 Å². The van der Waals surface area contributed by atoms with Gasteiger partial charge in [0.05, 0.1) is 0 Å². The standard InChI is InChI=1S/C16H27BrN2/c1-5-15(18)16(19(6-2)11-12(3)4)13-7-9-14(17)10-8-13/h7-10,12,15-16H,5-6,11,18H2,1-4H3. The molecule has 0 spiro atoms. The molecule has 0 amide bonds. The number of hydrogen-bond donors (Lipinski definition) is 1. The normalized spacial score (nSPS) is 14.9. The van der Waals surface area contributed by atoms with E-state index in [1.165, 1.54) is 5.56 Å². The Bertz CT molecular complexity index is 362. The third-order valence-corrected chi connectivity index (χ3v) is 4.02. The molecule has 1 aromatic rings. The van der Waals surface area contributed by atoms with Gasteiger partial charge in [-0.15, -0.1) is 0 Å². The lowest BCUT2D eigenvalue weighted by molar-refractivity contribution is 0.159. The topological polar surface area (TPSA) is 29.3 Å². The van der Waals surface area contributed by atoms with Crippen LogP contribution < -0.4 is 5.73 Å². The highest BCUT2D eigenvalue weighted by Gasteiger charge is 2.25. The maximum absolute atomic E-state index is 6.39. The fourth-order valence-electron chi connectivity index (χ4n) is 2.52. The van der Waals surface area contributed by atoms with Gasteiger partial charge < -0.3 is 5.73 Å². The summed E-state index contributed by atoms with van der Waals surface area (Å²) in [7, 11) is 0. The fraction of sp³-hybridized carbons (Fsp3) is 0.625. The van der Waals surface area contributed by atoms with Crippen molar-refractivity contribution in [3.8, 4) is 0 Å². The Morgan fingerprint density at radius 3 is 2.16 bits per heavy atom. The molecule has 2 nitrogen and oxygen atoms in total. The molecule has 1 aromatic carbocycles. The van der Waals surface area contributed by atoms with Crippen molar-refractivity contribution in [1.29, 1.82) is 0 Å². The van der Waals surface area contributed by atoms with E-state index in [0.717, 1.165) is 24.0 Å². The molecule has 0 saturated heterocycles. The first-order chi connectivity index (χ1) is 8.99. The second-order valence-electron chi connectivity index (χ2n) is 5.55. The molecule has 0 saturated carbocycles. The largest absolute Gasteiger partial charge is 0.326 e. The van der Waals surface area contributed by atoms with Gasteiger partial charge in [-0.1, -0.05) is 55.8 Å². The quantitative estimate of drug-likeness (QED) is 0.813. The average Bonchev–Trinajstić information content (AvgIpc) is 2.39. The van der Waals surface area contributed by atoms with Gasteiger partial charge in [-0.25, -0.2) is 0 Å². The summed E-state index contributed by atoms with van der Waals surface area (Å²) >= 11 is 3.50. The van der Waals surface area contributed by atoms with Crippen molar-refractivity contribution in [2.45, 2.75) is 46.2 Å². The van der Waals surface area contributed by atoms with E-state index < -0.39 is 0 Å². The Balaban J connectivity index is 3.02. The van der Waals surface area contributed by atoms with Crippen LogP contribution >= 0.6 is 15.9 Å². The van der Waals surface area contributed by atoms with Crippen molar-refractivity contribution < 1.29 is 0 Å². The van der Waals surface area contributed by atoms with Crippen LogP contribution in [0.1, 0.15) is 45.7 Å². The van der Waals surface area contributed by atoms with Gasteiger partial charge in [-0.2, -0.15) is 0 Å². The molecule has 2 unspecified atom stereocenters. The first-order valence-corrected chi connectivity index (χ1v) is 8.03. The van der Waals surface area contributed by atoms with Gasteiger partial charge >= 0.3 is 0 Å². The summed E-state index contributed by atoms with van der Waals surface area (Å²) in [5, 5.41) is 0. The van der Waals surface area contributed by atoms with Crippen molar-refractivity contribution in [1.82, 2.24) is 4.90 Å². The molecule has 0 aliphatic carbocycles. The summed E-state index contributed by atoms with van der Waals surface area (Å²) in [6.45, 7) is 11.0. The van der Waals surface area contributed by atoms with Crippen molar-refractivity contribution in [2.75, 3.05) is 13.1 Å². The molecule has 108 valence electrons. The van der Waals surface area contributed by atoms with Gasteiger partial charge in [0.1, 0.15) is 0 Å². The van der Waals surface area contributed by atoms with Crippen molar-refractivity contribution in [3.05, 3.63) is 34.3 Å². The minimum Gasteiger partial charge on any atom is -0.326 e. The minimum atomic E-state index is 0.180. The van der Waals surface area contributed by atoms with E-state index in [1.807, 2.05) is 0 Å². The molecule has 0 fully saturated rings. The van der Waals surface area contributed by atoms with Crippen molar-refractivity contribution in [3.63, 3.8) is 0 Å². The monoisotopic (exact) mass is 326 g/mol. The molecule has 0 aliphatic heterocycles. The van der Waals surface area contributed by atoms with E-state index >= 15 is 0 Å². The van der Waals surface area contributed by atoms with Gasteiger partial charge in [0.25, 0.3) is 0 Å². The summed E-state index contributed by atoms with van der Waals surface area (Å²) in [6, 6.07) is 9.08. The van der Waals surface area contributed by atoms with Crippen molar-refractivity contribution in [2.24, 2.45) is 11.7 Å². The van der Waals surface area contributed by atoms with Crippen LogP contribution in [0.2, 0.25) is 0 Å². The van der Waals surface area contributed by atoms with E-state index in [9.17, 15) is 0 Å². The van der Waals surface area contributed by atoms with Gasteiger partial charge in [0, 0.05) is 23.1 Å². The second kappa shape index (κ2) is 8.03. The third kappa shape index (κ3) is 4.90. The zero-order valence-electron chi connectivity index (χ0n) is 12.6. The lowest BCUT2D eigenvalue weighted by Gasteiger charge is -2.36. The second-order valence-corrected chi connectivity index (χ2v) is 6.47. The number of hydrogen-bond acceptors (Lipinski definition) is 2. The molecule has 2 atom stereocenters. The van der Waals surface area contributed by atoms with E-state index in [0.29, 0.717) is 12.0 Å². The van der Waals surface area contributed by atoms with Crippen LogP contribution in [-0.2, 0) is 0 Å². The molecule has 0 bridgehead atoms. The number of nitrogens with two attached hydrogens (primary N) is 1. The summed E-state index contributed by atoms with van der Waals surface area (Å²) in [5.41, 5.74) is 7.71. The van der Waals surface area contributed by atoms with Crippen LogP contribution in [0.25, 0.3) is 0 Å². The van der Waals surface area contributed by atoms with Gasteiger partial charge in [0.15, 0.2) is 0 Å². The Hall–Kier alpha value is -0.380. The molecule has 3 heteroatoms. The average molecular weight is 327 g/mol. The van der Waals surface area contributed by atoms with Gasteiger partial charge in [-0.05, 0) is 36.6 Å². The Kier molecular flexibility index (Phi) is 7.05. The van der Waals surface area contributed by atoms with Gasteiger partial charge in [-0.3, -0.25) is 4.90 Å². The molecule has 19 heavy (non-hydrogen) atoms. The summed E-state index contributed by atoms with van der Waals surface area (Å²) in [6.07, 6.45) is 0.995. The summed E-state index contributed by atoms with van der Waals surface area (Å²) < 4.78 is 1.12. The van der Waals surface area contributed by atoms with Crippen LogP contribution in [0.4, 0.5) is 0 Å². The molecular weight excluding hydrogens is 300 g/mol. The SMILES string of the molecule is CCC(N)C(c1ccc(Br)cc1)N(CC)CC(C)C. The maximum Gasteiger partial charge on any atom is 0.0499 e. The van der Waals surface area contributed by atoms with E-state index in [1.54, 1.807) is 0 Å². The molecule has 0 aliphatic rings. The predicted octanol–water partition coefficient (Wildman–Crippen LogP) is 4.21. The minimum absolute atomic E-state index is 0.180. The highest BCUT2D eigenvalue weighted by atomic mass is 79.9. The van der Waals surface area contributed by atoms with Crippen LogP contribution in [0.3, 0.4) is 0 Å². The fourth-order valence-corrected chi connectivity index (χ4v) is 2.78. The Morgan fingerprint density at radius 2 is 1.74 bits per heavy atom. The Morgan fingerprint density at radius 1 is 1.16 bits per heavy atom. The van der Waals surface area contributed by atoms with Crippen molar-refractivity contribution >= 4 is 15.9 Å². The number of nitrogens with zero attached hydrogens (tertiary/aromatic N) is 1. The van der Waals surface area contributed by atoms with Crippen LogP contribution in [0.5, 0.6) is 0 Å². The molecule has 0 radical (unpaired) electrons. The zero-order chi connectivity index (χ0) is 14.4. The number of likely N-dealkylation sites (N-methyl/N-ethyl adjacent to an activating group) is 1. The van der Waals surface area contributed by atoms with Crippen LogP contribution in [-0.4, -0.2) is 24.0 Å². The lowest BCUT2D eigenvalue weighted by Crippen LogP contribution is -2.42. The summed E-state index contributed by atoms with van der Waals surface area (Å²) in [4.78, 5) is 2.50. The maximum atomic E-state index is 6.39. The number of halogens is 1. The highest BCUT2D eigenvalue weighted by molar-refractivity contribution is 9.10. The number of rotatable bonds is 7. The molecule has 1 rings (SSSR count). The predicted molar refractivity (Wildman–Crippen MR) is 87.2 cm³/mol. The number of benzene rings is 1. The van der Waals surface area contributed by atoms with Crippen LogP contribution in [0.15, 0.2) is 28.7 Å². The highest BCUT2D eigenvalue weighted by Crippen LogP contribution is 2.27. The zero-order valence-corrected chi connectivity index (χ0v) is 14.2. The smallest absolute Gasteiger partial charge is 0.0499 e. The molecule has 0 heterocycles. The third-order valence-electron chi connectivity index (χ3n) is 3.49. The Labute approximate surface area is 126 Å². The molecule has 2 N–H and O–H groups in total. The molecular formula is C16H27BrN2. The lowest BCUT2D eigenvalue weighted by atomic mass is 9.95. The van der Waals surface area contributed by atoms with Gasteiger partial charge in [0.2, 0.25) is 0 Å². The first-order valence-electron chi connectivity index (χ1n) is 7.24. The summed E-state index contributed by atoms with van der Waals surface area (Å²) in [5.74, 6) is 0.655. The van der Waals surface area contributed by atoms with E-state index in [2.05, 4.69) is 72.8 Å². The first kappa shape index (κ1) is 16.7. The van der Waals surface area contributed by atoms with E-state index in [4.69, 9.17) is 5.73 Å². The molecule has 0 aromatic heterocycles. The van der Waals surface area contributed by atoms with Crippen LogP contribution in [0, 0.1) is 5.92 Å².